The molecule has 0 aromatic carbocycles. The van der Waals surface area contributed by atoms with E-state index in [0.717, 1.165) is 19.4 Å². The van der Waals surface area contributed by atoms with Crippen LogP contribution in [0.2, 0.25) is 0 Å². The molecule has 0 aliphatic heterocycles. The normalized spacial score (nSPS) is 12.6. The van der Waals surface area contributed by atoms with Gasteiger partial charge in [-0.15, -0.1) is 0 Å². The maximum atomic E-state index is 4.59. The maximum absolute atomic E-state index is 4.59. The van der Waals surface area contributed by atoms with Crippen LogP contribution in [0.1, 0.15) is 64.1 Å². The molecule has 1 unspecified atom stereocenters. The van der Waals surface area contributed by atoms with Gasteiger partial charge in [0.2, 0.25) is 0 Å². The lowest BCUT2D eigenvalue weighted by molar-refractivity contribution is 0.453. The number of hydrogen-bond acceptors (Lipinski definition) is 2. The molecule has 1 aromatic rings. The Morgan fingerprint density at radius 1 is 1.11 bits per heavy atom. The third-order valence-corrected chi connectivity index (χ3v) is 3.59. The molecular weight excluding hydrogens is 232 g/mol. The summed E-state index contributed by atoms with van der Waals surface area (Å²) >= 11 is 0. The predicted octanol–water partition coefficient (Wildman–Crippen LogP) is 4.14. The van der Waals surface area contributed by atoms with E-state index in [4.69, 9.17) is 0 Å². The van der Waals surface area contributed by atoms with Crippen LogP contribution < -0.4 is 5.32 Å². The largest absolute Gasteiger partial charge is 0.314 e. The molecule has 0 aliphatic carbocycles. The summed E-state index contributed by atoms with van der Waals surface area (Å²) in [6.07, 6.45) is 10.6. The van der Waals surface area contributed by atoms with E-state index in [0.29, 0.717) is 6.04 Å². The number of nitrogens with zero attached hydrogens (tertiary/aromatic N) is 1. The van der Waals surface area contributed by atoms with Gasteiger partial charge in [0.05, 0.1) is 0 Å². The minimum Gasteiger partial charge on any atom is -0.314 e. The zero-order valence-corrected chi connectivity index (χ0v) is 12.9. The van der Waals surface area contributed by atoms with Crippen LogP contribution in [0, 0.1) is 0 Å². The van der Waals surface area contributed by atoms with Crippen LogP contribution in [0.3, 0.4) is 0 Å². The summed E-state index contributed by atoms with van der Waals surface area (Å²) in [6, 6.07) is 5.00. The Labute approximate surface area is 119 Å². The lowest BCUT2D eigenvalue weighted by Gasteiger charge is -2.18. The van der Waals surface area contributed by atoms with E-state index >= 15 is 0 Å². The standard InChI is InChI=1S/C17H30N2/c1-4-7-8-9-16(18-12-5-2)13-17-11-10-15(6-3)14-19-17/h10-11,14,16,18H,4-9,12-13H2,1-3H3. The number of unbranched alkanes of at least 4 members (excludes halogenated alkanes) is 2. The molecule has 19 heavy (non-hydrogen) atoms. The Bertz CT molecular complexity index is 319. The average Bonchev–Trinajstić information content (AvgIpc) is 2.45. The van der Waals surface area contributed by atoms with Gasteiger partial charge in [-0.25, -0.2) is 0 Å². The van der Waals surface area contributed by atoms with Crippen LogP contribution in [-0.2, 0) is 12.8 Å². The molecule has 0 saturated carbocycles. The zero-order chi connectivity index (χ0) is 13.9. The number of rotatable bonds is 10. The Morgan fingerprint density at radius 2 is 1.95 bits per heavy atom. The molecule has 0 amide bonds. The van der Waals surface area contributed by atoms with Crippen molar-refractivity contribution in [1.29, 1.82) is 0 Å². The summed E-state index contributed by atoms with van der Waals surface area (Å²) < 4.78 is 0. The summed E-state index contributed by atoms with van der Waals surface area (Å²) in [6.45, 7) is 7.78. The summed E-state index contributed by atoms with van der Waals surface area (Å²) in [4.78, 5) is 4.59. The topological polar surface area (TPSA) is 24.9 Å². The third kappa shape index (κ3) is 6.72. The minimum atomic E-state index is 0.589. The quantitative estimate of drug-likeness (QED) is 0.641. The van der Waals surface area contributed by atoms with Gasteiger partial charge in [0.15, 0.2) is 0 Å². The first-order valence-corrected chi connectivity index (χ1v) is 7.97. The molecule has 1 atom stereocenters. The van der Waals surface area contributed by atoms with Gasteiger partial charge in [0, 0.05) is 24.4 Å². The molecule has 2 nitrogen and oxygen atoms in total. The Balaban J connectivity index is 2.48. The van der Waals surface area contributed by atoms with E-state index in [9.17, 15) is 0 Å². The van der Waals surface area contributed by atoms with Crippen molar-refractivity contribution in [1.82, 2.24) is 10.3 Å². The second-order valence-electron chi connectivity index (χ2n) is 5.36. The number of aromatic nitrogens is 1. The molecule has 0 spiro atoms. The first-order valence-electron chi connectivity index (χ1n) is 7.97. The second-order valence-corrected chi connectivity index (χ2v) is 5.36. The molecule has 0 saturated heterocycles. The lowest BCUT2D eigenvalue weighted by atomic mass is 10.0. The number of pyridine rings is 1. The van der Waals surface area contributed by atoms with Crippen molar-refractivity contribution in [3.8, 4) is 0 Å². The first kappa shape index (κ1) is 16.2. The van der Waals surface area contributed by atoms with Crippen molar-refractivity contribution >= 4 is 0 Å². The van der Waals surface area contributed by atoms with Crippen molar-refractivity contribution in [3.05, 3.63) is 29.6 Å². The highest BCUT2D eigenvalue weighted by Crippen LogP contribution is 2.10. The van der Waals surface area contributed by atoms with Crippen LogP contribution in [0.25, 0.3) is 0 Å². The van der Waals surface area contributed by atoms with E-state index in [2.05, 4.69) is 43.2 Å². The van der Waals surface area contributed by atoms with Crippen LogP contribution in [0.5, 0.6) is 0 Å². The third-order valence-electron chi connectivity index (χ3n) is 3.59. The van der Waals surface area contributed by atoms with Gasteiger partial charge in [0.25, 0.3) is 0 Å². The molecule has 1 heterocycles. The monoisotopic (exact) mass is 262 g/mol. The Morgan fingerprint density at radius 3 is 2.53 bits per heavy atom. The van der Waals surface area contributed by atoms with Crippen LogP contribution >= 0.6 is 0 Å². The highest BCUT2D eigenvalue weighted by molar-refractivity contribution is 5.14. The van der Waals surface area contributed by atoms with Crippen LogP contribution in [0.4, 0.5) is 0 Å². The van der Waals surface area contributed by atoms with Gasteiger partial charge in [-0.05, 0) is 37.4 Å². The van der Waals surface area contributed by atoms with Crippen molar-refractivity contribution < 1.29 is 0 Å². The number of hydrogen-bond donors (Lipinski definition) is 1. The van der Waals surface area contributed by atoms with Crippen molar-refractivity contribution in [2.45, 2.75) is 71.8 Å². The number of aryl methyl sites for hydroxylation is 1. The van der Waals surface area contributed by atoms with Gasteiger partial charge >= 0.3 is 0 Å². The minimum absolute atomic E-state index is 0.589. The highest BCUT2D eigenvalue weighted by atomic mass is 14.9. The van der Waals surface area contributed by atoms with E-state index in [1.54, 1.807) is 0 Å². The second kappa shape index (κ2) is 9.96. The fourth-order valence-corrected chi connectivity index (χ4v) is 2.30. The molecule has 1 N–H and O–H groups in total. The van der Waals surface area contributed by atoms with E-state index < -0.39 is 0 Å². The van der Waals surface area contributed by atoms with Crippen molar-refractivity contribution in [2.75, 3.05) is 6.54 Å². The van der Waals surface area contributed by atoms with Gasteiger partial charge in [-0.2, -0.15) is 0 Å². The molecule has 0 bridgehead atoms. The molecule has 0 radical (unpaired) electrons. The lowest BCUT2D eigenvalue weighted by Crippen LogP contribution is -2.32. The smallest absolute Gasteiger partial charge is 0.0419 e. The fraction of sp³-hybridized carbons (Fsp3) is 0.706. The highest BCUT2D eigenvalue weighted by Gasteiger charge is 2.09. The van der Waals surface area contributed by atoms with Gasteiger partial charge in [-0.3, -0.25) is 4.98 Å². The van der Waals surface area contributed by atoms with Crippen molar-refractivity contribution in [3.63, 3.8) is 0 Å². The Kier molecular flexibility index (Phi) is 8.48. The van der Waals surface area contributed by atoms with Crippen molar-refractivity contribution in [2.24, 2.45) is 0 Å². The molecule has 1 aromatic heterocycles. The summed E-state index contributed by atoms with van der Waals surface area (Å²) in [7, 11) is 0. The summed E-state index contributed by atoms with van der Waals surface area (Å²) in [5.41, 5.74) is 2.55. The molecule has 0 fully saturated rings. The summed E-state index contributed by atoms with van der Waals surface area (Å²) in [5, 5.41) is 3.67. The SMILES string of the molecule is CCCCCC(Cc1ccc(CC)cn1)NCCC. The van der Waals surface area contributed by atoms with E-state index in [1.165, 1.54) is 43.4 Å². The van der Waals surface area contributed by atoms with Gasteiger partial charge < -0.3 is 5.32 Å². The molecule has 1 rings (SSSR count). The molecular formula is C17H30N2. The zero-order valence-electron chi connectivity index (χ0n) is 12.9. The van der Waals surface area contributed by atoms with E-state index in [-0.39, 0.29) is 0 Å². The molecule has 0 aliphatic rings. The average molecular weight is 262 g/mol. The molecule has 108 valence electrons. The van der Waals surface area contributed by atoms with Gasteiger partial charge in [-0.1, -0.05) is 46.1 Å². The maximum Gasteiger partial charge on any atom is 0.0419 e. The molecule has 2 heteroatoms. The Hall–Kier alpha value is -0.890. The fourth-order valence-electron chi connectivity index (χ4n) is 2.30. The van der Waals surface area contributed by atoms with Gasteiger partial charge in [0.1, 0.15) is 0 Å². The first-order chi connectivity index (χ1) is 9.30. The summed E-state index contributed by atoms with van der Waals surface area (Å²) in [5.74, 6) is 0. The number of nitrogens with one attached hydrogen (secondary N) is 1. The predicted molar refractivity (Wildman–Crippen MR) is 83.5 cm³/mol. The van der Waals surface area contributed by atoms with Crippen LogP contribution in [0.15, 0.2) is 18.3 Å². The van der Waals surface area contributed by atoms with Crippen LogP contribution in [-0.4, -0.2) is 17.6 Å². The van der Waals surface area contributed by atoms with E-state index in [1.807, 2.05) is 6.20 Å².